The highest BCUT2D eigenvalue weighted by atomic mass is 19.2. The van der Waals surface area contributed by atoms with Crippen molar-refractivity contribution in [2.24, 2.45) is 0 Å². The molecule has 0 spiro atoms. The summed E-state index contributed by atoms with van der Waals surface area (Å²) in [5.74, 6) is -0.785. The first-order chi connectivity index (χ1) is 10.6. The maximum absolute atomic E-state index is 13.2. The van der Waals surface area contributed by atoms with E-state index in [1.807, 2.05) is 12.1 Å². The van der Waals surface area contributed by atoms with E-state index in [1.54, 1.807) is 18.2 Å². The van der Waals surface area contributed by atoms with Crippen LogP contribution in [0.3, 0.4) is 0 Å². The predicted molar refractivity (Wildman–Crippen MR) is 81.7 cm³/mol. The number of nitrogens with zero attached hydrogens (tertiary/aromatic N) is 1. The number of benzene rings is 2. The summed E-state index contributed by atoms with van der Waals surface area (Å²) in [5.41, 5.74) is 2.06. The second-order valence-corrected chi connectivity index (χ2v) is 5.89. The van der Waals surface area contributed by atoms with Gasteiger partial charge in [0.25, 0.3) is 0 Å². The molecule has 1 heterocycles. The zero-order valence-corrected chi connectivity index (χ0v) is 12.3. The summed E-state index contributed by atoms with van der Waals surface area (Å²) in [7, 11) is 0. The van der Waals surface area contributed by atoms with Gasteiger partial charge >= 0.3 is 0 Å². The minimum atomic E-state index is -0.796. The van der Waals surface area contributed by atoms with E-state index in [1.165, 1.54) is 17.7 Å². The highest BCUT2D eigenvalue weighted by Gasteiger charge is 2.20. The summed E-state index contributed by atoms with van der Waals surface area (Å²) in [6.45, 7) is 2.52. The van der Waals surface area contributed by atoms with Gasteiger partial charge in [0.1, 0.15) is 5.75 Å². The van der Waals surface area contributed by atoms with Crippen molar-refractivity contribution < 1.29 is 13.9 Å². The van der Waals surface area contributed by atoms with Gasteiger partial charge in [0.2, 0.25) is 0 Å². The molecule has 1 N–H and O–H groups in total. The fourth-order valence-electron chi connectivity index (χ4n) is 3.07. The Hall–Kier alpha value is -1.94. The molecule has 1 aliphatic rings. The number of rotatable bonds is 3. The van der Waals surface area contributed by atoms with Crippen molar-refractivity contribution in [2.75, 3.05) is 13.1 Å². The second kappa shape index (κ2) is 6.44. The molecule has 0 amide bonds. The Morgan fingerprint density at radius 3 is 2.27 bits per heavy atom. The molecule has 2 aromatic carbocycles. The van der Waals surface area contributed by atoms with E-state index in [0.717, 1.165) is 31.5 Å². The molecule has 3 rings (SSSR count). The van der Waals surface area contributed by atoms with E-state index in [0.29, 0.717) is 18.2 Å². The highest BCUT2D eigenvalue weighted by molar-refractivity contribution is 5.28. The molecular weight excluding hydrogens is 284 g/mol. The van der Waals surface area contributed by atoms with Crippen molar-refractivity contribution in [1.29, 1.82) is 0 Å². The van der Waals surface area contributed by atoms with Crippen LogP contribution < -0.4 is 0 Å². The molecule has 0 aliphatic carbocycles. The predicted octanol–water partition coefficient (Wildman–Crippen LogP) is 4.05. The fraction of sp³-hybridized carbons (Fsp3) is 0.333. The Morgan fingerprint density at radius 2 is 1.64 bits per heavy atom. The fourth-order valence-corrected chi connectivity index (χ4v) is 3.07. The Bertz CT molecular complexity index is 634. The standard InChI is InChI=1S/C18H19F2NO/c19-17-6-1-13(11-18(17)20)12-21-9-7-15(8-10-21)14-2-4-16(22)5-3-14/h1-6,11,15,22H,7-10,12H2. The number of halogens is 2. The van der Waals surface area contributed by atoms with Crippen LogP contribution in [0, 0.1) is 11.6 Å². The molecule has 1 saturated heterocycles. The van der Waals surface area contributed by atoms with Gasteiger partial charge in [-0.25, -0.2) is 8.78 Å². The van der Waals surface area contributed by atoms with Gasteiger partial charge in [-0.15, -0.1) is 0 Å². The van der Waals surface area contributed by atoms with Gasteiger partial charge in [0.05, 0.1) is 0 Å². The molecule has 0 saturated carbocycles. The van der Waals surface area contributed by atoms with Crippen molar-refractivity contribution in [2.45, 2.75) is 25.3 Å². The zero-order chi connectivity index (χ0) is 15.5. The lowest BCUT2D eigenvalue weighted by molar-refractivity contribution is 0.204. The topological polar surface area (TPSA) is 23.5 Å². The lowest BCUT2D eigenvalue weighted by Crippen LogP contribution is -2.32. The van der Waals surface area contributed by atoms with E-state index in [2.05, 4.69) is 4.90 Å². The van der Waals surface area contributed by atoms with Gasteiger partial charge < -0.3 is 5.11 Å². The smallest absolute Gasteiger partial charge is 0.159 e. The number of hydrogen-bond donors (Lipinski definition) is 1. The van der Waals surface area contributed by atoms with Gasteiger partial charge in [-0.2, -0.15) is 0 Å². The number of phenols is 1. The molecule has 4 heteroatoms. The van der Waals surface area contributed by atoms with Crippen molar-refractivity contribution in [3.05, 3.63) is 65.2 Å². The third kappa shape index (κ3) is 3.45. The monoisotopic (exact) mass is 303 g/mol. The third-order valence-electron chi connectivity index (χ3n) is 4.34. The van der Waals surface area contributed by atoms with E-state index in [-0.39, 0.29) is 0 Å². The highest BCUT2D eigenvalue weighted by Crippen LogP contribution is 2.29. The van der Waals surface area contributed by atoms with Crippen LogP contribution in [0.2, 0.25) is 0 Å². The first kappa shape index (κ1) is 15.0. The first-order valence-electron chi connectivity index (χ1n) is 7.57. The number of phenolic OH excluding ortho intramolecular Hbond substituents is 1. The molecule has 2 nitrogen and oxygen atoms in total. The Morgan fingerprint density at radius 1 is 0.955 bits per heavy atom. The largest absolute Gasteiger partial charge is 0.508 e. The van der Waals surface area contributed by atoms with Crippen LogP contribution in [0.4, 0.5) is 8.78 Å². The summed E-state index contributed by atoms with van der Waals surface area (Å²) in [4.78, 5) is 2.27. The Balaban J connectivity index is 1.57. The minimum Gasteiger partial charge on any atom is -0.508 e. The molecule has 116 valence electrons. The molecule has 22 heavy (non-hydrogen) atoms. The van der Waals surface area contributed by atoms with E-state index in [4.69, 9.17) is 0 Å². The SMILES string of the molecule is Oc1ccc(C2CCN(Cc3ccc(F)c(F)c3)CC2)cc1. The van der Waals surface area contributed by atoms with E-state index < -0.39 is 11.6 Å². The van der Waals surface area contributed by atoms with Crippen LogP contribution in [0.1, 0.15) is 29.9 Å². The Labute approximate surface area is 129 Å². The van der Waals surface area contributed by atoms with Gasteiger partial charge in [-0.3, -0.25) is 4.90 Å². The van der Waals surface area contributed by atoms with Crippen molar-refractivity contribution >= 4 is 0 Å². The maximum atomic E-state index is 13.2. The van der Waals surface area contributed by atoms with Crippen LogP contribution >= 0.6 is 0 Å². The van der Waals surface area contributed by atoms with E-state index >= 15 is 0 Å². The Kier molecular flexibility index (Phi) is 4.39. The van der Waals surface area contributed by atoms with Crippen LogP contribution in [0.15, 0.2) is 42.5 Å². The van der Waals surface area contributed by atoms with Crippen molar-refractivity contribution in [3.8, 4) is 5.75 Å². The molecule has 0 aromatic heterocycles. The average Bonchev–Trinajstić information content (AvgIpc) is 2.53. The lowest BCUT2D eigenvalue weighted by atomic mass is 9.89. The molecular formula is C18H19F2NO. The normalized spacial score (nSPS) is 16.8. The summed E-state index contributed by atoms with van der Waals surface area (Å²) in [6, 6.07) is 11.5. The molecule has 0 radical (unpaired) electrons. The number of hydrogen-bond acceptors (Lipinski definition) is 2. The quantitative estimate of drug-likeness (QED) is 0.924. The van der Waals surface area contributed by atoms with Gasteiger partial charge in [0.15, 0.2) is 11.6 Å². The van der Waals surface area contributed by atoms with Crippen LogP contribution in [-0.2, 0) is 6.54 Å². The van der Waals surface area contributed by atoms with E-state index in [9.17, 15) is 13.9 Å². The summed E-state index contributed by atoms with van der Waals surface area (Å²) in [6.07, 6.45) is 2.07. The number of likely N-dealkylation sites (tertiary alicyclic amines) is 1. The molecule has 1 aliphatic heterocycles. The molecule has 0 atom stereocenters. The molecule has 0 bridgehead atoms. The summed E-state index contributed by atoms with van der Waals surface area (Å²) in [5, 5.41) is 9.34. The van der Waals surface area contributed by atoms with Crippen LogP contribution in [-0.4, -0.2) is 23.1 Å². The maximum Gasteiger partial charge on any atom is 0.159 e. The average molecular weight is 303 g/mol. The molecule has 2 aromatic rings. The summed E-state index contributed by atoms with van der Waals surface area (Å²) >= 11 is 0. The number of piperidine rings is 1. The van der Waals surface area contributed by atoms with Gasteiger partial charge in [0, 0.05) is 6.54 Å². The van der Waals surface area contributed by atoms with Crippen molar-refractivity contribution in [1.82, 2.24) is 4.90 Å². The zero-order valence-electron chi connectivity index (χ0n) is 12.3. The van der Waals surface area contributed by atoms with Gasteiger partial charge in [-0.05, 0) is 67.2 Å². The second-order valence-electron chi connectivity index (χ2n) is 5.89. The minimum absolute atomic E-state index is 0.291. The molecule has 1 fully saturated rings. The van der Waals surface area contributed by atoms with Crippen LogP contribution in [0.25, 0.3) is 0 Å². The summed E-state index contributed by atoms with van der Waals surface area (Å²) < 4.78 is 26.2. The molecule has 0 unspecified atom stereocenters. The van der Waals surface area contributed by atoms with Crippen molar-refractivity contribution in [3.63, 3.8) is 0 Å². The lowest BCUT2D eigenvalue weighted by Gasteiger charge is -2.32. The van der Waals surface area contributed by atoms with Gasteiger partial charge in [-0.1, -0.05) is 18.2 Å². The first-order valence-corrected chi connectivity index (χ1v) is 7.57. The third-order valence-corrected chi connectivity index (χ3v) is 4.34. The van der Waals surface area contributed by atoms with Crippen LogP contribution in [0.5, 0.6) is 5.75 Å². The number of aromatic hydroxyl groups is 1.